The lowest BCUT2D eigenvalue weighted by molar-refractivity contribution is -0.175. The van der Waals surface area contributed by atoms with Crippen LogP contribution in [0.3, 0.4) is 0 Å². The zero-order valence-electron chi connectivity index (χ0n) is 15.5. The first-order chi connectivity index (χ1) is 11.8. The molecule has 1 amide bonds. The highest BCUT2D eigenvalue weighted by Gasteiger charge is 2.62. The molecule has 2 N–H and O–H groups in total. The van der Waals surface area contributed by atoms with Crippen molar-refractivity contribution in [2.75, 3.05) is 13.2 Å². The molecule has 1 aliphatic heterocycles. The first-order valence-electron chi connectivity index (χ1n) is 9.60. The van der Waals surface area contributed by atoms with Crippen molar-refractivity contribution >= 4 is 12.1 Å². The van der Waals surface area contributed by atoms with Gasteiger partial charge in [0, 0.05) is 17.9 Å². The van der Waals surface area contributed by atoms with E-state index in [1.807, 2.05) is 13.8 Å². The number of hydrogen-bond acceptors (Lipinski definition) is 5. The van der Waals surface area contributed by atoms with E-state index < -0.39 is 11.5 Å². The van der Waals surface area contributed by atoms with E-state index in [9.17, 15) is 14.7 Å². The lowest BCUT2D eigenvalue weighted by Crippen LogP contribution is -2.60. The maximum atomic E-state index is 12.1. The highest BCUT2D eigenvalue weighted by atomic mass is 16.6. The van der Waals surface area contributed by atoms with Crippen LogP contribution in [-0.2, 0) is 14.3 Å². The van der Waals surface area contributed by atoms with Gasteiger partial charge in [-0.25, -0.2) is 4.79 Å². The summed E-state index contributed by atoms with van der Waals surface area (Å²) in [5.41, 5.74) is -0.556. The van der Waals surface area contributed by atoms with Crippen molar-refractivity contribution in [3.8, 4) is 0 Å². The van der Waals surface area contributed by atoms with Crippen LogP contribution in [0.4, 0.5) is 4.79 Å². The monoisotopic (exact) mass is 353 g/mol. The summed E-state index contributed by atoms with van der Waals surface area (Å²) in [5, 5.41) is 13.0. The molecule has 1 heterocycles. The molecular weight excluding hydrogens is 322 g/mol. The number of rotatable bonds is 4. The van der Waals surface area contributed by atoms with Crippen LogP contribution >= 0.6 is 0 Å². The van der Waals surface area contributed by atoms with Gasteiger partial charge in [-0.3, -0.25) is 4.79 Å². The predicted octanol–water partition coefficient (Wildman–Crippen LogP) is 2.63. The number of aliphatic hydroxyl groups excluding tert-OH is 1. The van der Waals surface area contributed by atoms with Gasteiger partial charge in [-0.15, -0.1) is 0 Å². The molecule has 0 aromatic heterocycles. The number of amides is 1. The zero-order valence-corrected chi connectivity index (χ0v) is 15.5. The minimum absolute atomic E-state index is 0.0158. The van der Waals surface area contributed by atoms with E-state index in [0.717, 1.165) is 25.7 Å². The summed E-state index contributed by atoms with van der Waals surface area (Å²) in [6.45, 7) is 6.83. The standard InChI is InChI=1S/C19H31NO5/c1-4-9-20-17(23)25-15-7-8-18(2)12-10-16(22)24-13(12)5-6-14(18)19(15,3)11-21/h12-15,21H,4-11H2,1-3H3,(H,20,23)/t12-,13-,14?,15-,18+,19+/m1/s1. The summed E-state index contributed by atoms with van der Waals surface area (Å²) in [5.74, 6) is 0.317. The minimum Gasteiger partial charge on any atom is -0.462 e. The Kier molecular flexibility index (Phi) is 5.02. The lowest BCUT2D eigenvalue weighted by Gasteiger charge is -2.59. The van der Waals surface area contributed by atoms with Crippen LogP contribution in [0.5, 0.6) is 0 Å². The molecule has 3 fully saturated rings. The van der Waals surface area contributed by atoms with Gasteiger partial charge >= 0.3 is 12.1 Å². The van der Waals surface area contributed by atoms with Crippen molar-refractivity contribution in [1.29, 1.82) is 0 Å². The molecule has 6 nitrogen and oxygen atoms in total. The average molecular weight is 353 g/mol. The maximum absolute atomic E-state index is 12.1. The Morgan fingerprint density at radius 3 is 2.80 bits per heavy atom. The smallest absolute Gasteiger partial charge is 0.407 e. The molecule has 0 aromatic rings. The number of carbonyl (C=O) groups excluding carboxylic acids is 2. The molecule has 2 aliphatic carbocycles. The van der Waals surface area contributed by atoms with Crippen LogP contribution in [0.15, 0.2) is 0 Å². The zero-order chi connectivity index (χ0) is 18.2. The van der Waals surface area contributed by atoms with Gasteiger partial charge in [0.05, 0.1) is 13.0 Å². The van der Waals surface area contributed by atoms with Crippen molar-refractivity contribution in [1.82, 2.24) is 5.32 Å². The number of fused-ring (bicyclic) bond motifs is 3. The number of hydrogen-bond donors (Lipinski definition) is 2. The topological polar surface area (TPSA) is 84.9 Å². The molecule has 1 saturated heterocycles. The Bertz CT molecular complexity index is 538. The largest absolute Gasteiger partial charge is 0.462 e. The van der Waals surface area contributed by atoms with Gasteiger partial charge < -0.3 is 19.9 Å². The van der Waals surface area contributed by atoms with E-state index in [-0.39, 0.29) is 42.0 Å². The average Bonchev–Trinajstić information content (AvgIpc) is 2.97. The van der Waals surface area contributed by atoms with Crippen LogP contribution in [-0.4, -0.2) is 42.5 Å². The van der Waals surface area contributed by atoms with Crippen LogP contribution in [0.2, 0.25) is 0 Å². The number of nitrogens with one attached hydrogen (secondary N) is 1. The molecule has 3 aliphatic rings. The van der Waals surface area contributed by atoms with Crippen LogP contribution < -0.4 is 5.32 Å². The summed E-state index contributed by atoms with van der Waals surface area (Å²) in [4.78, 5) is 23.9. The highest BCUT2D eigenvalue weighted by Crippen LogP contribution is 2.62. The summed E-state index contributed by atoms with van der Waals surface area (Å²) in [6.07, 6.45) is 3.96. The predicted molar refractivity (Wildman–Crippen MR) is 91.8 cm³/mol. The number of carbonyl (C=O) groups is 2. The second-order valence-corrected chi connectivity index (χ2v) is 8.50. The number of aliphatic hydroxyl groups is 1. The molecule has 0 spiro atoms. The molecule has 6 atom stereocenters. The van der Waals surface area contributed by atoms with Crippen LogP contribution in [0.1, 0.15) is 59.3 Å². The van der Waals surface area contributed by atoms with Gasteiger partial charge in [0.1, 0.15) is 12.2 Å². The van der Waals surface area contributed by atoms with E-state index in [4.69, 9.17) is 9.47 Å². The van der Waals surface area contributed by atoms with Crippen molar-refractivity contribution in [3.63, 3.8) is 0 Å². The van der Waals surface area contributed by atoms with Gasteiger partial charge in [-0.2, -0.15) is 0 Å². The molecule has 1 unspecified atom stereocenters. The molecule has 142 valence electrons. The third-order valence-electron chi connectivity index (χ3n) is 7.09. The summed E-state index contributed by atoms with van der Waals surface area (Å²) in [7, 11) is 0. The highest BCUT2D eigenvalue weighted by molar-refractivity contribution is 5.72. The molecule has 0 bridgehead atoms. The first kappa shape index (κ1) is 18.5. The van der Waals surface area contributed by atoms with Gasteiger partial charge in [0.15, 0.2) is 0 Å². The Morgan fingerprint density at radius 2 is 2.12 bits per heavy atom. The van der Waals surface area contributed by atoms with E-state index in [1.165, 1.54) is 0 Å². The Hall–Kier alpha value is -1.30. The molecule has 2 saturated carbocycles. The van der Waals surface area contributed by atoms with Crippen molar-refractivity contribution in [2.24, 2.45) is 22.7 Å². The molecule has 3 rings (SSSR count). The van der Waals surface area contributed by atoms with E-state index >= 15 is 0 Å². The van der Waals surface area contributed by atoms with Crippen LogP contribution in [0.25, 0.3) is 0 Å². The van der Waals surface area contributed by atoms with Crippen molar-refractivity contribution in [2.45, 2.75) is 71.5 Å². The van der Waals surface area contributed by atoms with E-state index in [0.29, 0.717) is 19.4 Å². The number of ether oxygens (including phenoxy) is 2. The summed E-state index contributed by atoms with van der Waals surface area (Å²) < 4.78 is 11.2. The minimum atomic E-state index is -0.493. The van der Waals surface area contributed by atoms with Gasteiger partial charge in [0.2, 0.25) is 0 Å². The van der Waals surface area contributed by atoms with Crippen molar-refractivity contribution in [3.05, 3.63) is 0 Å². The Labute approximate surface area is 149 Å². The van der Waals surface area contributed by atoms with Crippen molar-refractivity contribution < 1.29 is 24.2 Å². The third-order valence-corrected chi connectivity index (χ3v) is 7.09. The fourth-order valence-corrected chi connectivity index (χ4v) is 5.69. The fraction of sp³-hybridized carbons (Fsp3) is 0.895. The number of esters is 1. The fourth-order valence-electron chi connectivity index (χ4n) is 5.69. The second-order valence-electron chi connectivity index (χ2n) is 8.50. The normalized spacial score (nSPS) is 43.0. The van der Waals surface area contributed by atoms with Gasteiger partial charge in [-0.05, 0) is 43.4 Å². The van der Waals surface area contributed by atoms with Gasteiger partial charge in [0.25, 0.3) is 0 Å². The molecule has 6 heteroatoms. The SMILES string of the molecule is CCCNC(=O)O[C@@H]1CC[C@]2(C)C(CC[C@H]3OC(=O)C[C@H]32)[C@]1(C)CO. The lowest BCUT2D eigenvalue weighted by atomic mass is 9.46. The van der Waals surface area contributed by atoms with Gasteiger partial charge in [-0.1, -0.05) is 20.8 Å². The Morgan fingerprint density at radius 1 is 1.36 bits per heavy atom. The third kappa shape index (κ3) is 3.03. The summed E-state index contributed by atoms with van der Waals surface area (Å²) >= 11 is 0. The second kappa shape index (κ2) is 6.78. The molecule has 0 radical (unpaired) electrons. The summed E-state index contributed by atoms with van der Waals surface area (Å²) in [6, 6.07) is 0. The number of alkyl carbamates (subject to hydrolysis) is 1. The maximum Gasteiger partial charge on any atom is 0.407 e. The first-order valence-corrected chi connectivity index (χ1v) is 9.60. The molecule has 0 aromatic carbocycles. The van der Waals surface area contributed by atoms with Crippen LogP contribution in [0, 0.1) is 22.7 Å². The Balaban J connectivity index is 1.80. The molecule has 25 heavy (non-hydrogen) atoms. The van der Waals surface area contributed by atoms with E-state index in [2.05, 4.69) is 12.2 Å². The quantitative estimate of drug-likeness (QED) is 0.759. The van der Waals surface area contributed by atoms with E-state index in [1.54, 1.807) is 0 Å². The molecular formula is C19H31NO5.